The molecule has 0 spiro atoms. The van der Waals surface area contributed by atoms with Crippen molar-refractivity contribution in [1.82, 2.24) is 0 Å². The van der Waals surface area contributed by atoms with Crippen molar-refractivity contribution in [1.29, 1.82) is 0 Å². The van der Waals surface area contributed by atoms with Gasteiger partial charge in [0.2, 0.25) is 0 Å². The highest BCUT2D eigenvalue weighted by Crippen LogP contribution is 2.26. The molecule has 0 unspecified atom stereocenters. The van der Waals surface area contributed by atoms with Gasteiger partial charge in [-0.05, 0) is 48.9 Å². The number of fused-ring (bicyclic) bond motifs is 1. The van der Waals surface area contributed by atoms with Crippen LogP contribution in [0.25, 0.3) is 0 Å². The summed E-state index contributed by atoms with van der Waals surface area (Å²) in [5.74, 6) is 0.000417. The van der Waals surface area contributed by atoms with Crippen molar-refractivity contribution >= 4 is 0 Å². The number of rotatable bonds is 2. The van der Waals surface area contributed by atoms with E-state index in [1.165, 1.54) is 5.56 Å². The van der Waals surface area contributed by atoms with E-state index in [2.05, 4.69) is 6.07 Å². The van der Waals surface area contributed by atoms with Crippen LogP contribution in [0.2, 0.25) is 0 Å². The second kappa shape index (κ2) is 3.46. The first-order valence-electron chi connectivity index (χ1n) is 4.82. The van der Waals surface area contributed by atoms with Crippen LogP contribution in [0.15, 0.2) is 12.1 Å². The van der Waals surface area contributed by atoms with E-state index < -0.39 is 0 Å². The smallest absolute Gasteiger partial charge is 0.129 e. The molecule has 0 saturated carbocycles. The molecule has 0 saturated heterocycles. The Morgan fingerprint density at radius 3 is 2.92 bits per heavy atom. The minimum absolute atomic E-state index is 0.000417. The first-order chi connectivity index (χ1) is 6.33. The van der Waals surface area contributed by atoms with Gasteiger partial charge in [0.05, 0.1) is 0 Å². The number of nitrogens with two attached hydrogens (primary N) is 1. The SMILES string of the molecule is NCCc1ccc2c(c1F)CCC2. The fourth-order valence-electron chi connectivity index (χ4n) is 2.02. The van der Waals surface area contributed by atoms with E-state index >= 15 is 0 Å². The highest BCUT2D eigenvalue weighted by Gasteiger charge is 2.17. The van der Waals surface area contributed by atoms with Crippen LogP contribution in [0, 0.1) is 5.82 Å². The lowest BCUT2D eigenvalue weighted by Gasteiger charge is -2.06. The summed E-state index contributed by atoms with van der Waals surface area (Å²) in [4.78, 5) is 0. The minimum Gasteiger partial charge on any atom is -0.330 e. The standard InChI is InChI=1S/C11H14FN/c12-11-9(6-7-13)5-4-8-2-1-3-10(8)11/h4-5H,1-3,6-7,13H2. The molecule has 0 atom stereocenters. The van der Waals surface area contributed by atoms with Crippen LogP contribution in [0.4, 0.5) is 4.39 Å². The van der Waals surface area contributed by atoms with Gasteiger partial charge in [0, 0.05) is 0 Å². The van der Waals surface area contributed by atoms with E-state index in [4.69, 9.17) is 5.73 Å². The summed E-state index contributed by atoms with van der Waals surface area (Å²) in [6.07, 6.45) is 3.69. The van der Waals surface area contributed by atoms with Crippen LogP contribution in [-0.4, -0.2) is 6.54 Å². The van der Waals surface area contributed by atoms with Gasteiger partial charge < -0.3 is 5.73 Å². The Morgan fingerprint density at radius 2 is 2.15 bits per heavy atom. The molecule has 1 nitrogen and oxygen atoms in total. The van der Waals surface area contributed by atoms with Crippen LogP contribution in [0.5, 0.6) is 0 Å². The predicted octanol–water partition coefficient (Wildman–Crippen LogP) is 1.82. The highest BCUT2D eigenvalue weighted by atomic mass is 19.1. The molecule has 0 bridgehead atoms. The zero-order valence-corrected chi connectivity index (χ0v) is 7.65. The number of benzene rings is 1. The highest BCUT2D eigenvalue weighted by molar-refractivity contribution is 5.37. The van der Waals surface area contributed by atoms with Crippen LogP contribution in [0.1, 0.15) is 23.1 Å². The van der Waals surface area contributed by atoms with Gasteiger partial charge in [0.15, 0.2) is 0 Å². The molecular formula is C11H14FN. The first-order valence-corrected chi connectivity index (χ1v) is 4.82. The van der Waals surface area contributed by atoms with Crippen molar-refractivity contribution in [3.05, 3.63) is 34.6 Å². The van der Waals surface area contributed by atoms with Crippen LogP contribution in [-0.2, 0) is 19.3 Å². The summed E-state index contributed by atoms with van der Waals surface area (Å²) in [7, 11) is 0. The van der Waals surface area contributed by atoms with Crippen LogP contribution >= 0.6 is 0 Å². The largest absolute Gasteiger partial charge is 0.330 e. The van der Waals surface area contributed by atoms with E-state index in [0.717, 1.165) is 30.4 Å². The third-order valence-electron chi connectivity index (χ3n) is 2.71. The van der Waals surface area contributed by atoms with Crippen molar-refractivity contribution in [3.63, 3.8) is 0 Å². The zero-order valence-electron chi connectivity index (χ0n) is 7.65. The van der Waals surface area contributed by atoms with Crippen LogP contribution in [0.3, 0.4) is 0 Å². The summed E-state index contributed by atoms with van der Waals surface area (Å²) in [5, 5.41) is 0. The van der Waals surface area contributed by atoms with E-state index in [1.54, 1.807) is 0 Å². The van der Waals surface area contributed by atoms with E-state index in [-0.39, 0.29) is 5.82 Å². The molecule has 70 valence electrons. The molecule has 1 aliphatic rings. The number of halogens is 1. The summed E-state index contributed by atoms with van der Waals surface area (Å²) in [6.45, 7) is 0.524. The molecule has 2 N–H and O–H groups in total. The van der Waals surface area contributed by atoms with Crippen molar-refractivity contribution in [2.24, 2.45) is 5.73 Å². The maximum Gasteiger partial charge on any atom is 0.129 e. The molecule has 0 heterocycles. The summed E-state index contributed by atoms with van der Waals surface area (Å²) in [5.41, 5.74) is 8.32. The molecule has 1 aromatic rings. The molecule has 1 aliphatic carbocycles. The molecule has 2 heteroatoms. The summed E-state index contributed by atoms with van der Waals surface area (Å²) in [6, 6.07) is 3.93. The lowest BCUT2D eigenvalue weighted by molar-refractivity contribution is 0.595. The molecular weight excluding hydrogens is 165 g/mol. The molecule has 1 aromatic carbocycles. The fourth-order valence-corrected chi connectivity index (χ4v) is 2.02. The zero-order chi connectivity index (χ0) is 9.26. The number of hydrogen-bond donors (Lipinski definition) is 1. The number of hydrogen-bond acceptors (Lipinski definition) is 1. The Hall–Kier alpha value is -0.890. The van der Waals surface area contributed by atoms with Gasteiger partial charge in [0.25, 0.3) is 0 Å². The topological polar surface area (TPSA) is 26.0 Å². The van der Waals surface area contributed by atoms with Gasteiger partial charge in [-0.2, -0.15) is 0 Å². The lowest BCUT2D eigenvalue weighted by Crippen LogP contribution is -2.06. The second-order valence-corrected chi connectivity index (χ2v) is 3.57. The Morgan fingerprint density at radius 1 is 1.31 bits per heavy atom. The monoisotopic (exact) mass is 179 g/mol. The third-order valence-corrected chi connectivity index (χ3v) is 2.71. The average Bonchev–Trinajstić information content (AvgIpc) is 2.58. The molecule has 0 aliphatic heterocycles. The van der Waals surface area contributed by atoms with E-state index in [1.807, 2.05) is 6.07 Å². The van der Waals surface area contributed by atoms with Crippen molar-refractivity contribution in [2.45, 2.75) is 25.7 Å². The van der Waals surface area contributed by atoms with Crippen molar-refractivity contribution < 1.29 is 4.39 Å². The maximum absolute atomic E-state index is 13.7. The van der Waals surface area contributed by atoms with Crippen LogP contribution < -0.4 is 5.73 Å². The fraction of sp³-hybridized carbons (Fsp3) is 0.455. The van der Waals surface area contributed by atoms with Crippen molar-refractivity contribution in [3.8, 4) is 0 Å². The first kappa shape index (κ1) is 8.70. The molecule has 0 aromatic heterocycles. The quantitative estimate of drug-likeness (QED) is 0.736. The van der Waals surface area contributed by atoms with Gasteiger partial charge in [-0.25, -0.2) is 4.39 Å². The second-order valence-electron chi connectivity index (χ2n) is 3.57. The minimum atomic E-state index is 0.000417. The van der Waals surface area contributed by atoms with Gasteiger partial charge in [-0.15, -0.1) is 0 Å². The third kappa shape index (κ3) is 1.46. The maximum atomic E-state index is 13.7. The van der Waals surface area contributed by atoms with E-state index in [9.17, 15) is 4.39 Å². The Kier molecular flexibility index (Phi) is 2.32. The normalized spacial score (nSPS) is 14.6. The number of aryl methyl sites for hydroxylation is 1. The Bertz CT molecular complexity index is 320. The lowest BCUT2D eigenvalue weighted by atomic mass is 10.0. The van der Waals surface area contributed by atoms with Crippen molar-refractivity contribution in [2.75, 3.05) is 6.54 Å². The average molecular weight is 179 g/mol. The molecule has 0 fully saturated rings. The van der Waals surface area contributed by atoms with Gasteiger partial charge >= 0.3 is 0 Å². The predicted molar refractivity (Wildman–Crippen MR) is 51.2 cm³/mol. The Labute approximate surface area is 77.8 Å². The molecule has 0 amide bonds. The van der Waals surface area contributed by atoms with E-state index in [0.29, 0.717) is 13.0 Å². The molecule has 0 radical (unpaired) electrons. The Balaban J connectivity index is 2.40. The summed E-state index contributed by atoms with van der Waals surface area (Å²) >= 11 is 0. The molecule has 13 heavy (non-hydrogen) atoms. The molecule has 2 rings (SSSR count). The van der Waals surface area contributed by atoms with Gasteiger partial charge in [-0.1, -0.05) is 12.1 Å². The summed E-state index contributed by atoms with van der Waals surface area (Å²) < 4.78 is 13.7. The van der Waals surface area contributed by atoms with Gasteiger partial charge in [0.1, 0.15) is 5.82 Å². The van der Waals surface area contributed by atoms with Gasteiger partial charge in [-0.3, -0.25) is 0 Å².